The van der Waals surface area contributed by atoms with Gasteiger partial charge in [0.05, 0.1) is 25.0 Å². The quantitative estimate of drug-likeness (QED) is 0.615. The van der Waals surface area contributed by atoms with Gasteiger partial charge in [-0.2, -0.15) is 5.10 Å². The highest BCUT2D eigenvalue weighted by atomic mass is 32.1. The SMILES string of the molecule is C[C@H](NC[C@@H](O)COCc1cccs1)c1ccc(-n2cncn2)cc1. The smallest absolute Gasteiger partial charge is 0.138 e. The van der Waals surface area contributed by atoms with Crippen LogP contribution in [0.4, 0.5) is 0 Å². The molecular formula is C18H22N4O2S. The predicted octanol–water partition coefficient (Wildman–Crippen LogP) is 2.56. The van der Waals surface area contributed by atoms with E-state index in [0.717, 1.165) is 11.3 Å². The second-order valence-electron chi connectivity index (χ2n) is 5.81. The van der Waals surface area contributed by atoms with Crippen LogP contribution in [0, 0.1) is 0 Å². The molecule has 0 amide bonds. The summed E-state index contributed by atoms with van der Waals surface area (Å²) in [4.78, 5) is 5.11. The van der Waals surface area contributed by atoms with Crippen LogP contribution in [-0.2, 0) is 11.3 Å². The molecule has 25 heavy (non-hydrogen) atoms. The Morgan fingerprint density at radius 2 is 2.12 bits per heavy atom. The van der Waals surface area contributed by atoms with Crippen molar-refractivity contribution < 1.29 is 9.84 Å². The first-order valence-electron chi connectivity index (χ1n) is 8.19. The molecule has 0 aliphatic rings. The van der Waals surface area contributed by atoms with Crippen LogP contribution in [0.3, 0.4) is 0 Å². The number of hydrogen-bond acceptors (Lipinski definition) is 6. The summed E-state index contributed by atoms with van der Waals surface area (Å²) in [7, 11) is 0. The van der Waals surface area contributed by atoms with Gasteiger partial charge in [0.1, 0.15) is 12.7 Å². The molecule has 0 spiro atoms. The fourth-order valence-corrected chi connectivity index (χ4v) is 3.08. The summed E-state index contributed by atoms with van der Waals surface area (Å²) in [6.45, 7) is 3.43. The second-order valence-corrected chi connectivity index (χ2v) is 6.84. The molecule has 2 aromatic heterocycles. The molecule has 0 radical (unpaired) electrons. The van der Waals surface area contributed by atoms with Gasteiger partial charge in [0.25, 0.3) is 0 Å². The molecule has 7 heteroatoms. The number of benzene rings is 1. The number of aliphatic hydroxyl groups is 1. The van der Waals surface area contributed by atoms with E-state index in [4.69, 9.17) is 4.74 Å². The lowest BCUT2D eigenvalue weighted by molar-refractivity contribution is 0.0288. The molecule has 3 aromatic rings. The Kier molecular flexibility index (Phi) is 6.30. The zero-order valence-corrected chi connectivity index (χ0v) is 14.9. The molecule has 0 saturated heterocycles. The maximum atomic E-state index is 10.0. The average molecular weight is 358 g/mol. The van der Waals surface area contributed by atoms with Gasteiger partial charge in [-0.05, 0) is 36.1 Å². The number of thiophene rings is 1. The van der Waals surface area contributed by atoms with Gasteiger partial charge in [-0.1, -0.05) is 18.2 Å². The number of ether oxygens (including phenoxy) is 1. The number of hydrogen-bond donors (Lipinski definition) is 2. The Morgan fingerprint density at radius 3 is 2.80 bits per heavy atom. The molecule has 2 heterocycles. The maximum Gasteiger partial charge on any atom is 0.138 e. The van der Waals surface area contributed by atoms with Gasteiger partial charge in [-0.3, -0.25) is 0 Å². The largest absolute Gasteiger partial charge is 0.389 e. The van der Waals surface area contributed by atoms with Gasteiger partial charge in [0.15, 0.2) is 0 Å². The van der Waals surface area contributed by atoms with Crippen molar-refractivity contribution in [3.63, 3.8) is 0 Å². The molecule has 2 atom stereocenters. The summed E-state index contributed by atoms with van der Waals surface area (Å²) in [6.07, 6.45) is 2.65. The van der Waals surface area contributed by atoms with Crippen LogP contribution in [0.1, 0.15) is 23.4 Å². The lowest BCUT2D eigenvalue weighted by Gasteiger charge is -2.18. The van der Waals surface area contributed by atoms with Crippen LogP contribution in [0.5, 0.6) is 0 Å². The van der Waals surface area contributed by atoms with E-state index in [-0.39, 0.29) is 6.04 Å². The molecule has 6 nitrogen and oxygen atoms in total. The van der Waals surface area contributed by atoms with Gasteiger partial charge in [-0.15, -0.1) is 11.3 Å². The molecular weight excluding hydrogens is 336 g/mol. The number of aromatic nitrogens is 3. The Hall–Kier alpha value is -2.06. The lowest BCUT2D eigenvalue weighted by Crippen LogP contribution is -2.32. The van der Waals surface area contributed by atoms with Crippen molar-refractivity contribution in [3.05, 3.63) is 64.9 Å². The van der Waals surface area contributed by atoms with Crippen molar-refractivity contribution in [2.24, 2.45) is 0 Å². The Labute approximate surface area is 151 Å². The summed E-state index contributed by atoms with van der Waals surface area (Å²) < 4.78 is 7.26. The first kappa shape index (κ1) is 17.8. The minimum atomic E-state index is -0.531. The van der Waals surface area contributed by atoms with Crippen LogP contribution in [0.15, 0.2) is 54.4 Å². The van der Waals surface area contributed by atoms with E-state index in [0.29, 0.717) is 19.8 Å². The third kappa shape index (κ3) is 5.20. The average Bonchev–Trinajstić information content (AvgIpc) is 3.33. The topological polar surface area (TPSA) is 72.2 Å². The van der Waals surface area contributed by atoms with Crippen molar-refractivity contribution in [3.8, 4) is 5.69 Å². The van der Waals surface area contributed by atoms with E-state index in [9.17, 15) is 5.11 Å². The fraction of sp³-hybridized carbons (Fsp3) is 0.333. The van der Waals surface area contributed by atoms with Crippen molar-refractivity contribution in [1.29, 1.82) is 0 Å². The van der Waals surface area contributed by atoms with E-state index < -0.39 is 6.10 Å². The van der Waals surface area contributed by atoms with Crippen molar-refractivity contribution >= 4 is 11.3 Å². The fourth-order valence-electron chi connectivity index (χ4n) is 2.44. The van der Waals surface area contributed by atoms with E-state index in [1.54, 1.807) is 22.3 Å². The number of nitrogens with zero attached hydrogens (tertiary/aromatic N) is 3. The molecule has 0 unspecified atom stereocenters. The van der Waals surface area contributed by atoms with E-state index in [2.05, 4.69) is 22.3 Å². The normalized spacial score (nSPS) is 13.7. The first-order valence-corrected chi connectivity index (χ1v) is 9.07. The third-order valence-corrected chi connectivity index (χ3v) is 4.72. The highest BCUT2D eigenvalue weighted by Gasteiger charge is 2.10. The minimum absolute atomic E-state index is 0.136. The Bertz CT molecular complexity index is 729. The monoisotopic (exact) mass is 358 g/mol. The number of rotatable bonds is 9. The molecule has 0 fully saturated rings. The molecule has 2 N–H and O–H groups in total. The van der Waals surface area contributed by atoms with Gasteiger partial charge in [0, 0.05) is 17.5 Å². The Balaban J connectivity index is 1.41. The first-order chi connectivity index (χ1) is 12.2. The van der Waals surface area contributed by atoms with Crippen LogP contribution >= 0.6 is 11.3 Å². The third-order valence-electron chi connectivity index (χ3n) is 3.87. The van der Waals surface area contributed by atoms with E-state index in [1.165, 1.54) is 11.2 Å². The molecule has 0 aliphatic carbocycles. The van der Waals surface area contributed by atoms with Gasteiger partial charge in [-0.25, -0.2) is 9.67 Å². The minimum Gasteiger partial charge on any atom is -0.389 e. The lowest BCUT2D eigenvalue weighted by atomic mass is 10.1. The molecule has 0 bridgehead atoms. The van der Waals surface area contributed by atoms with Crippen molar-refractivity contribution in [2.45, 2.75) is 25.7 Å². The summed E-state index contributed by atoms with van der Waals surface area (Å²) in [6, 6.07) is 12.3. The number of aliphatic hydroxyl groups excluding tert-OH is 1. The summed E-state index contributed by atoms with van der Waals surface area (Å²) in [5.41, 5.74) is 2.12. The van der Waals surface area contributed by atoms with Crippen LogP contribution in [0.2, 0.25) is 0 Å². The Morgan fingerprint density at radius 1 is 1.28 bits per heavy atom. The van der Waals surface area contributed by atoms with Crippen LogP contribution < -0.4 is 5.32 Å². The molecule has 0 aliphatic heterocycles. The summed E-state index contributed by atoms with van der Waals surface area (Å²) in [5.74, 6) is 0. The highest BCUT2D eigenvalue weighted by Crippen LogP contribution is 2.15. The molecule has 132 valence electrons. The van der Waals surface area contributed by atoms with Gasteiger partial charge < -0.3 is 15.2 Å². The van der Waals surface area contributed by atoms with Gasteiger partial charge in [0.2, 0.25) is 0 Å². The van der Waals surface area contributed by atoms with Gasteiger partial charge >= 0.3 is 0 Å². The summed E-state index contributed by atoms with van der Waals surface area (Å²) >= 11 is 1.66. The maximum absolute atomic E-state index is 10.0. The van der Waals surface area contributed by atoms with Crippen molar-refractivity contribution in [2.75, 3.05) is 13.2 Å². The van der Waals surface area contributed by atoms with Crippen molar-refractivity contribution in [1.82, 2.24) is 20.1 Å². The van der Waals surface area contributed by atoms with Crippen LogP contribution in [0.25, 0.3) is 5.69 Å². The van der Waals surface area contributed by atoms with E-state index in [1.807, 2.05) is 41.8 Å². The molecule has 1 aromatic carbocycles. The second kappa shape index (κ2) is 8.87. The van der Waals surface area contributed by atoms with Crippen LogP contribution in [-0.4, -0.2) is 39.1 Å². The number of nitrogens with one attached hydrogen (secondary N) is 1. The predicted molar refractivity (Wildman–Crippen MR) is 97.8 cm³/mol. The van der Waals surface area contributed by atoms with E-state index >= 15 is 0 Å². The molecule has 0 saturated carbocycles. The standard InChI is InChI=1S/C18H22N4O2S/c1-14(15-4-6-16(7-5-15)22-13-19-12-21-22)20-9-17(23)10-24-11-18-3-2-8-25-18/h2-8,12-14,17,20,23H,9-11H2,1H3/t14-,17+/m0/s1. The molecule has 3 rings (SSSR count). The highest BCUT2D eigenvalue weighted by molar-refractivity contribution is 7.09. The zero-order chi connectivity index (χ0) is 17.5. The zero-order valence-electron chi connectivity index (χ0n) is 14.1. The summed E-state index contributed by atoms with van der Waals surface area (Å²) in [5, 5.41) is 19.5.